The maximum Gasteiger partial charge on any atom is 0.268 e. The van der Waals surface area contributed by atoms with Crippen molar-refractivity contribution in [3.05, 3.63) is 53.0 Å². The molecule has 0 bridgehead atoms. The summed E-state index contributed by atoms with van der Waals surface area (Å²) >= 11 is 0. The Hall–Kier alpha value is -2.60. The van der Waals surface area contributed by atoms with Crippen LogP contribution >= 0.6 is 0 Å². The number of rotatable bonds is 5. The van der Waals surface area contributed by atoms with Crippen LogP contribution in [0.2, 0.25) is 0 Å². The molecule has 2 aromatic rings. The molecule has 0 atom stereocenters. The molecule has 0 radical (unpaired) electrons. The summed E-state index contributed by atoms with van der Waals surface area (Å²) in [6, 6.07) is 8.44. The molecule has 1 aromatic carbocycles. The fraction of sp³-hybridized carbons (Fsp3) is 0.200. The van der Waals surface area contributed by atoms with E-state index in [9.17, 15) is 9.59 Å². The fourth-order valence-electron chi connectivity index (χ4n) is 1.88. The predicted octanol–water partition coefficient (Wildman–Crippen LogP) is 1.97. The molecule has 0 aliphatic carbocycles. The van der Waals surface area contributed by atoms with Crippen LogP contribution in [0.3, 0.4) is 0 Å². The van der Waals surface area contributed by atoms with E-state index in [2.05, 4.69) is 5.43 Å². The highest BCUT2D eigenvalue weighted by Crippen LogP contribution is 2.19. The van der Waals surface area contributed by atoms with Gasteiger partial charge in [-0.2, -0.15) is 0 Å². The standard InChI is InChI=1S/C15H16N2O4/c1-9(18)11-4-3-5-12(6-11)20-8-13-7-14(10(2)21-13)15(19)17-16/h3-7H,8,16H2,1-2H3,(H,17,19). The molecule has 3 N–H and O–H groups in total. The molecule has 1 amide bonds. The minimum absolute atomic E-state index is 0.0313. The van der Waals surface area contributed by atoms with Crippen molar-refractivity contribution in [3.8, 4) is 5.75 Å². The molecule has 0 saturated heterocycles. The van der Waals surface area contributed by atoms with Crippen molar-refractivity contribution in [2.45, 2.75) is 20.5 Å². The van der Waals surface area contributed by atoms with Gasteiger partial charge in [0.2, 0.25) is 0 Å². The first-order chi connectivity index (χ1) is 10.0. The summed E-state index contributed by atoms with van der Waals surface area (Å²) in [6.07, 6.45) is 0. The summed E-state index contributed by atoms with van der Waals surface area (Å²) < 4.78 is 11.0. The molecule has 0 saturated carbocycles. The van der Waals surface area contributed by atoms with Gasteiger partial charge in [0.05, 0.1) is 5.56 Å². The zero-order valence-electron chi connectivity index (χ0n) is 11.8. The second-order valence-electron chi connectivity index (χ2n) is 4.53. The highest BCUT2D eigenvalue weighted by atomic mass is 16.5. The number of ether oxygens (including phenoxy) is 1. The van der Waals surface area contributed by atoms with Gasteiger partial charge in [-0.05, 0) is 32.0 Å². The Labute approximate surface area is 121 Å². The topological polar surface area (TPSA) is 94.6 Å². The number of carbonyl (C=O) groups is 2. The van der Waals surface area contributed by atoms with E-state index in [0.29, 0.717) is 28.4 Å². The maximum absolute atomic E-state index is 11.5. The van der Waals surface area contributed by atoms with E-state index in [1.807, 2.05) is 0 Å². The van der Waals surface area contributed by atoms with Crippen molar-refractivity contribution in [1.82, 2.24) is 5.43 Å². The number of amides is 1. The third kappa shape index (κ3) is 3.49. The summed E-state index contributed by atoms with van der Waals surface area (Å²) in [5.74, 6) is 6.16. The molecule has 0 aliphatic rings. The van der Waals surface area contributed by atoms with Gasteiger partial charge in [0.25, 0.3) is 5.91 Å². The average Bonchev–Trinajstić information content (AvgIpc) is 2.85. The second-order valence-corrected chi connectivity index (χ2v) is 4.53. The number of hydrazine groups is 1. The fourth-order valence-corrected chi connectivity index (χ4v) is 1.88. The average molecular weight is 288 g/mol. The number of ketones is 1. The maximum atomic E-state index is 11.5. The largest absolute Gasteiger partial charge is 0.486 e. The second kappa shape index (κ2) is 6.23. The number of nitrogens with two attached hydrogens (primary N) is 1. The van der Waals surface area contributed by atoms with Crippen molar-refractivity contribution < 1.29 is 18.7 Å². The molecule has 0 aliphatic heterocycles. The molecule has 6 heteroatoms. The van der Waals surface area contributed by atoms with Gasteiger partial charge in [0.1, 0.15) is 23.9 Å². The quantitative estimate of drug-likeness (QED) is 0.379. The third-order valence-corrected chi connectivity index (χ3v) is 2.97. The Balaban J connectivity index is 2.08. The lowest BCUT2D eigenvalue weighted by Gasteiger charge is -2.05. The Morgan fingerprint density at radius 1 is 1.33 bits per heavy atom. The Kier molecular flexibility index (Phi) is 4.39. The Morgan fingerprint density at radius 3 is 2.76 bits per heavy atom. The number of nitrogens with one attached hydrogen (secondary N) is 1. The number of furan rings is 1. The lowest BCUT2D eigenvalue weighted by atomic mass is 10.1. The van der Waals surface area contributed by atoms with Crippen molar-refractivity contribution in [1.29, 1.82) is 0 Å². The van der Waals surface area contributed by atoms with E-state index in [0.717, 1.165) is 0 Å². The number of nitrogen functional groups attached to an aromatic ring is 1. The number of carbonyl (C=O) groups excluding carboxylic acids is 2. The molecule has 0 spiro atoms. The summed E-state index contributed by atoms with van der Waals surface area (Å²) in [5.41, 5.74) is 3.00. The molecule has 1 heterocycles. The van der Waals surface area contributed by atoms with Crippen LogP contribution in [0.15, 0.2) is 34.7 Å². The Morgan fingerprint density at radius 2 is 2.10 bits per heavy atom. The Bertz CT molecular complexity index is 676. The van der Waals surface area contributed by atoms with Crippen molar-refractivity contribution in [3.63, 3.8) is 0 Å². The van der Waals surface area contributed by atoms with Gasteiger partial charge < -0.3 is 9.15 Å². The summed E-state index contributed by atoms with van der Waals surface area (Å²) in [4.78, 5) is 22.8. The predicted molar refractivity (Wildman–Crippen MR) is 75.9 cm³/mol. The minimum Gasteiger partial charge on any atom is -0.486 e. The number of hydrogen-bond donors (Lipinski definition) is 2. The van der Waals surface area contributed by atoms with Gasteiger partial charge in [0, 0.05) is 5.56 Å². The van der Waals surface area contributed by atoms with Crippen LogP contribution in [0.25, 0.3) is 0 Å². The first-order valence-corrected chi connectivity index (χ1v) is 6.35. The first kappa shape index (κ1) is 14.8. The van der Waals surface area contributed by atoms with Crippen LogP contribution in [-0.4, -0.2) is 11.7 Å². The zero-order chi connectivity index (χ0) is 15.4. The van der Waals surface area contributed by atoms with Crippen LogP contribution in [0.4, 0.5) is 0 Å². The van der Waals surface area contributed by atoms with E-state index in [1.54, 1.807) is 37.3 Å². The van der Waals surface area contributed by atoms with Crippen LogP contribution in [-0.2, 0) is 6.61 Å². The summed E-state index contributed by atoms with van der Waals surface area (Å²) in [6.45, 7) is 3.32. The van der Waals surface area contributed by atoms with Crippen LogP contribution in [0.5, 0.6) is 5.75 Å². The normalized spacial score (nSPS) is 10.2. The van der Waals surface area contributed by atoms with Crippen molar-refractivity contribution >= 4 is 11.7 Å². The van der Waals surface area contributed by atoms with Gasteiger partial charge in [-0.1, -0.05) is 12.1 Å². The molecule has 1 aromatic heterocycles. The molecule has 6 nitrogen and oxygen atoms in total. The third-order valence-electron chi connectivity index (χ3n) is 2.97. The SMILES string of the molecule is CC(=O)c1cccc(OCc2cc(C(=O)NN)c(C)o2)c1. The van der Waals surface area contributed by atoms with E-state index >= 15 is 0 Å². The molecule has 0 fully saturated rings. The first-order valence-electron chi connectivity index (χ1n) is 6.35. The molecule has 21 heavy (non-hydrogen) atoms. The number of benzene rings is 1. The van der Waals surface area contributed by atoms with Gasteiger partial charge >= 0.3 is 0 Å². The minimum atomic E-state index is -0.416. The summed E-state index contributed by atoms with van der Waals surface area (Å²) in [7, 11) is 0. The smallest absolute Gasteiger partial charge is 0.268 e. The van der Waals surface area contributed by atoms with Gasteiger partial charge in [-0.15, -0.1) is 0 Å². The van der Waals surface area contributed by atoms with Crippen LogP contribution in [0.1, 0.15) is 39.2 Å². The van der Waals surface area contributed by atoms with Crippen molar-refractivity contribution in [2.24, 2.45) is 5.84 Å². The van der Waals surface area contributed by atoms with Gasteiger partial charge in [-0.3, -0.25) is 15.0 Å². The monoisotopic (exact) mass is 288 g/mol. The van der Waals surface area contributed by atoms with Crippen LogP contribution < -0.4 is 16.0 Å². The molecule has 110 valence electrons. The van der Waals surface area contributed by atoms with E-state index in [4.69, 9.17) is 15.0 Å². The molecule has 2 rings (SSSR count). The van der Waals surface area contributed by atoms with E-state index in [1.165, 1.54) is 6.92 Å². The highest BCUT2D eigenvalue weighted by molar-refractivity contribution is 5.95. The van der Waals surface area contributed by atoms with E-state index < -0.39 is 5.91 Å². The molecular weight excluding hydrogens is 272 g/mol. The highest BCUT2D eigenvalue weighted by Gasteiger charge is 2.14. The number of hydrogen-bond acceptors (Lipinski definition) is 5. The molecule has 0 unspecified atom stereocenters. The number of aryl methyl sites for hydroxylation is 1. The summed E-state index contributed by atoms with van der Waals surface area (Å²) in [5, 5.41) is 0. The van der Waals surface area contributed by atoms with E-state index in [-0.39, 0.29) is 12.4 Å². The van der Waals surface area contributed by atoms with Crippen LogP contribution in [0, 0.1) is 6.92 Å². The van der Waals surface area contributed by atoms with Gasteiger partial charge in [0.15, 0.2) is 5.78 Å². The van der Waals surface area contributed by atoms with Gasteiger partial charge in [-0.25, -0.2) is 5.84 Å². The van der Waals surface area contributed by atoms with Crippen molar-refractivity contribution in [2.75, 3.05) is 0 Å². The zero-order valence-corrected chi connectivity index (χ0v) is 11.8. The molecular formula is C15H16N2O4. The lowest BCUT2D eigenvalue weighted by Crippen LogP contribution is -2.30. The number of Topliss-reactive ketones (excluding diaryl/α,β-unsaturated/α-hetero) is 1. The lowest BCUT2D eigenvalue weighted by molar-refractivity contribution is 0.0951.